The summed E-state index contributed by atoms with van der Waals surface area (Å²) in [7, 11) is 0. The third-order valence-electron chi connectivity index (χ3n) is 5.29. The van der Waals surface area contributed by atoms with Gasteiger partial charge in [0, 0.05) is 18.3 Å². The zero-order valence-electron chi connectivity index (χ0n) is 19.8. The molecule has 1 aromatic heterocycles. The van der Waals surface area contributed by atoms with E-state index in [9.17, 15) is 24.3 Å². The molecule has 0 saturated heterocycles. The number of H-pyrrole nitrogens is 1. The summed E-state index contributed by atoms with van der Waals surface area (Å²) in [6.45, 7) is -0.803. The number of carboxylic acid groups (broad SMARTS) is 1. The molecule has 196 valence electrons. The van der Waals surface area contributed by atoms with Gasteiger partial charge in [-0.3, -0.25) is 14.4 Å². The summed E-state index contributed by atoms with van der Waals surface area (Å²) in [5, 5.41) is 25.8. The average Bonchev–Trinajstić information content (AvgIpc) is 3.37. The normalized spacial score (nSPS) is 14.2. The summed E-state index contributed by atoms with van der Waals surface area (Å²) in [5.74, 6) is -2.87. The number of rotatable bonds is 15. The summed E-state index contributed by atoms with van der Waals surface area (Å²) in [4.78, 5) is 56.7. The van der Waals surface area contributed by atoms with Crippen LogP contribution in [0, 0.1) is 0 Å². The first-order valence-electron chi connectivity index (χ1n) is 11.3. The van der Waals surface area contributed by atoms with Gasteiger partial charge >= 0.3 is 5.97 Å². The van der Waals surface area contributed by atoms with Gasteiger partial charge < -0.3 is 36.9 Å². The summed E-state index contributed by atoms with van der Waals surface area (Å²) in [5.41, 5.74) is 7.51. The van der Waals surface area contributed by atoms with Crippen LogP contribution < -0.4 is 21.7 Å². The van der Waals surface area contributed by atoms with Crippen molar-refractivity contribution in [3.8, 4) is 0 Å². The highest BCUT2D eigenvalue weighted by atomic mass is 32.2. The first-order chi connectivity index (χ1) is 17.2. The number of carbonyl (C=O) groups excluding carboxylic acids is 3. The molecule has 2 aromatic rings. The Morgan fingerprint density at radius 1 is 1.00 bits per heavy atom. The molecular weight excluding hydrogens is 488 g/mol. The Bertz CT molecular complexity index is 990. The smallest absolute Gasteiger partial charge is 0.328 e. The van der Waals surface area contributed by atoms with Gasteiger partial charge in [-0.25, -0.2) is 9.78 Å². The Morgan fingerprint density at radius 3 is 2.22 bits per heavy atom. The van der Waals surface area contributed by atoms with Crippen LogP contribution in [0.15, 0.2) is 42.9 Å². The number of nitrogens with two attached hydrogens (primary N) is 1. The van der Waals surface area contributed by atoms with Crippen molar-refractivity contribution in [2.45, 2.75) is 43.4 Å². The number of thioether (sulfide) groups is 1. The van der Waals surface area contributed by atoms with Crippen molar-refractivity contribution in [3.05, 3.63) is 54.1 Å². The molecule has 4 atom stereocenters. The number of nitrogens with one attached hydrogen (secondary N) is 4. The monoisotopic (exact) mass is 520 g/mol. The highest BCUT2D eigenvalue weighted by Gasteiger charge is 2.30. The summed E-state index contributed by atoms with van der Waals surface area (Å²) in [6, 6.07) is 4.60. The second-order valence-electron chi connectivity index (χ2n) is 8.06. The van der Waals surface area contributed by atoms with Crippen molar-refractivity contribution < 1.29 is 29.4 Å². The van der Waals surface area contributed by atoms with Gasteiger partial charge in [0.2, 0.25) is 17.7 Å². The number of aliphatic hydroxyl groups is 1. The van der Waals surface area contributed by atoms with E-state index in [1.54, 1.807) is 0 Å². The first-order valence-corrected chi connectivity index (χ1v) is 12.6. The van der Waals surface area contributed by atoms with Gasteiger partial charge in [-0.2, -0.15) is 11.8 Å². The van der Waals surface area contributed by atoms with Crippen molar-refractivity contribution in [2.24, 2.45) is 5.73 Å². The second kappa shape index (κ2) is 14.9. The van der Waals surface area contributed by atoms with Gasteiger partial charge in [-0.05, 0) is 30.4 Å². The summed E-state index contributed by atoms with van der Waals surface area (Å²) < 4.78 is 0. The standard InChI is InChI=1S/C23H32N6O6S/c1-36-8-7-17(21(32)29-19(12-30)23(34)35)27-22(33)18(10-15-11-25-13-26-15)28-20(31)16(24)9-14-5-3-2-4-6-14/h2-6,11,13,16-19,30H,7-10,12,24H2,1H3,(H,25,26)(H,27,33)(H,28,31)(H,29,32)(H,34,35). The summed E-state index contributed by atoms with van der Waals surface area (Å²) in [6.07, 6.45) is 5.28. The number of nitrogens with zero attached hydrogens (tertiary/aromatic N) is 1. The average molecular weight is 521 g/mol. The van der Waals surface area contributed by atoms with Gasteiger partial charge in [-0.15, -0.1) is 0 Å². The molecule has 3 amide bonds. The third-order valence-corrected chi connectivity index (χ3v) is 5.93. The van der Waals surface area contributed by atoms with Crippen LogP contribution in [0.5, 0.6) is 0 Å². The number of aromatic nitrogens is 2. The quantitative estimate of drug-likeness (QED) is 0.151. The SMILES string of the molecule is CSCCC(NC(=O)C(Cc1cnc[nH]1)NC(=O)C(N)Cc1ccccc1)C(=O)NC(CO)C(=O)O. The topological polar surface area (TPSA) is 200 Å². The van der Waals surface area contributed by atoms with Gasteiger partial charge in [0.05, 0.1) is 19.0 Å². The lowest BCUT2D eigenvalue weighted by Gasteiger charge is -2.24. The van der Waals surface area contributed by atoms with E-state index in [1.807, 2.05) is 36.6 Å². The number of imidazole rings is 1. The van der Waals surface area contributed by atoms with Crippen LogP contribution in [0.4, 0.5) is 0 Å². The third kappa shape index (κ3) is 9.32. The number of hydrogen-bond donors (Lipinski definition) is 7. The molecule has 1 aromatic carbocycles. The van der Waals surface area contributed by atoms with E-state index in [4.69, 9.17) is 10.8 Å². The van der Waals surface area contributed by atoms with E-state index in [0.29, 0.717) is 11.4 Å². The fourth-order valence-electron chi connectivity index (χ4n) is 3.30. The van der Waals surface area contributed by atoms with Gasteiger partial charge in [-0.1, -0.05) is 30.3 Å². The zero-order chi connectivity index (χ0) is 26.5. The molecule has 0 aliphatic rings. The largest absolute Gasteiger partial charge is 0.480 e. The summed E-state index contributed by atoms with van der Waals surface area (Å²) >= 11 is 1.44. The van der Waals surface area contributed by atoms with E-state index in [1.165, 1.54) is 24.3 Å². The van der Waals surface area contributed by atoms with E-state index < -0.39 is 54.5 Å². The fourth-order valence-corrected chi connectivity index (χ4v) is 3.77. The van der Waals surface area contributed by atoms with E-state index in [-0.39, 0.29) is 19.3 Å². The minimum Gasteiger partial charge on any atom is -0.480 e. The number of aliphatic carboxylic acids is 1. The van der Waals surface area contributed by atoms with Crippen LogP contribution in [0.2, 0.25) is 0 Å². The highest BCUT2D eigenvalue weighted by Crippen LogP contribution is 2.06. The number of aliphatic hydroxyl groups excluding tert-OH is 1. The van der Waals surface area contributed by atoms with Gasteiger partial charge in [0.1, 0.15) is 18.1 Å². The molecule has 2 rings (SSSR count). The van der Waals surface area contributed by atoms with Crippen LogP contribution in [0.25, 0.3) is 0 Å². The minimum absolute atomic E-state index is 0.0564. The van der Waals surface area contributed by atoms with Crippen molar-refractivity contribution in [1.82, 2.24) is 25.9 Å². The maximum atomic E-state index is 13.2. The van der Waals surface area contributed by atoms with E-state index in [2.05, 4.69) is 25.9 Å². The molecule has 0 bridgehead atoms. The first kappa shape index (κ1) is 28.8. The predicted octanol–water partition coefficient (Wildman–Crippen LogP) is -1.19. The molecule has 0 spiro atoms. The number of carbonyl (C=O) groups is 4. The highest BCUT2D eigenvalue weighted by molar-refractivity contribution is 7.98. The van der Waals surface area contributed by atoms with Crippen molar-refractivity contribution >= 4 is 35.5 Å². The fraction of sp³-hybridized carbons (Fsp3) is 0.435. The van der Waals surface area contributed by atoms with Crippen LogP contribution in [-0.4, -0.2) is 86.7 Å². The molecule has 36 heavy (non-hydrogen) atoms. The van der Waals surface area contributed by atoms with Crippen LogP contribution in [-0.2, 0) is 32.0 Å². The molecule has 13 heteroatoms. The number of carboxylic acids is 1. The van der Waals surface area contributed by atoms with Crippen LogP contribution in [0.3, 0.4) is 0 Å². The molecule has 0 aliphatic carbocycles. The van der Waals surface area contributed by atoms with Crippen molar-refractivity contribution in [2.75, 3.05) is 18.6 Å². The second-order valence-corrected chi connectivity index (χ2v) is 9.05. The molecular formula is C23H32N6O6S. The predicted molar refractivity (Wildman–Crippen MR) is 134 cm³/mol. The molecule has 1 heterocycles. The number of benzene rings is 1. The lowest BCUT2D eigenvalue weighted by atomic mass is 10.0. The number of amides is 3. The van der Waals surface area contributed by atoms with Crippen molar-refractivity contribution in [1.29, 1.82) is 0 Å². The number of aromatic amines is 1. The molecule has 8 N–H and O–H groups in total. The minimum atomic E-state index is -1.51. The molecule has 12 nitrogen and oxygen atoms in total. The lowest BCUT2D eigenvalue weighted by molar-refractivity contribution is -0.143. The molecule has 4 unspecified atom stereocenters. The van der Waals surface area contributed by atoms with Gasteiger partial charge in [0.25, 0.3) is 0 Å². The molecule has 0 aliphatic heterocycles. The molecule has 0 saturated carbocycles. The maximum absolute atomic E-state index is 13.2. The Labute approximate surface area is 212 Å². The van der Waals surface area contributed by atoms with Crippen LogP contribution in [0.1, 0.15) is 17.7 Å². The molecule has 0 radical (unpaired) electrons. The van der Waals surface area contributed by atoms with E-state index >= 15 is 0 Å². The number of hydrogen-bond acceptors (Lipinski definition) is 8. The maximum Gasteiger partial charge on any atom is 0.328 e. The Balaban J connectivity index is 2.14. The zero-order valence-corrected chi connectivity index (χ0v) is 20.7. The Kier molecular flexibility index (Phi) is 11.9. The Hall–Kier alpha value is -3.42. The lowest BCUT2D eigenvalue weighted by Crippen LogP contribution is -2.58. The van der Waals surface area contributed by atoms with Gasteiger partial charge in [0.15, 0.2) is 0 Å². The van der Waals surface area contributed by atoms with Crippen LogP contribution >= 0.6 is 11.8 Å². The Morgan fingerprint density at radius 2 is 1.64 bits per heavy atom. The molecule has 0 fully saturated rings. The van der Waals surface area contributed by atoms with Crippen molar-refractivity contribution in [3.63, 3.8) is 0 Å². The van der Waals surface area contributed by atoms with E-state index in [0.717, 1.165) is 5.56 Å².